The molecule has 0 rings (SSSR count). The van der Waals surface area contributed by atoms with Crippen molar-refractivity contribution in [1.29, 1.82) is 0 Å². The van der Waals surface area contributed by atoms with E-state index in [0.29, 0.717) is 5.76 Å². The monoisotopic (exact) mass is 222 g/mol. The Kier molecular flexibility index (Phi) is 23.9. The summed E-state index contributed by atoms with van der Waals surface area (Å²) in [5.41, 5.74) is 0.979. The Morgan fingerprint density at radius 1 is 1.12 bits per heavy atom. The van der Waals surface area contributed by atoms with Crippen LogP contribution in [0.5, 0.6) is 0 Å². The molecule has 0 aliphatic rings. The predicted molar refractivity (Wildman–Crippen MR) is 76.7 cm³/mol. The highest BCUT2D eigenvalue weighted by Crippen LogP contribution is 1.91. The van der Waals surface area contributed by atoms with Crippen LogP contribution in [0.15, 0.2) is 60.9 Å². The van der Waals surface area contributed by atoms with Gasteiger partial charge in [0.15, 0.2) is 0 Å². The number of hydrogen-bond donors (Lipinski definition) is 1. The summed E-state index contributed by atoms with van der Waals surface area (Å²) in [6.45, 7) is 16.6. The third-order valence-electron chi connectivity index (χ3n) is 1.05. The van der Waals surface area contributed by atoms with Crippen molar-refractivity contribution in [3.05, 3.63) is 60.9 Å². The SMILES string of the molecule is C=C(C)/C=C\C=C(/C)O.C=C/C=C\C.CC. The van der Waals surface area contributed by atoms with Gasteiger partial charge in [-0.25, -0.2) is 0 Å². The summed E-state index contributed by atoms with van der Waals surface area (Å²) < 4.78 is 0. The van der Waals surface area contributed by atoms with Gasteiger partial charge in [-0.15, -0.1) is 0 Å². The van der Waals surface area contributed by atoms with Crippen molar-refractivity contribution in [3.63, 3.8) is 0 Å². The van der Waals surface area contributed by atoms with E-state index in [4.69, 9.17) is 5.11 Å². The molecule has 0 spiro atoms. The third-order valence-corrected chi connectivity index (χ3v) is 1.05. The molecule has 0 aromatic heterocycles. The largest absolute Gasteiger partial charge is 0.513 e. The van der Waals surface area contributed by atoms with Gasteiger partial charge in [-0.3, -0.25) is 0 Å². The molecule has 1 nitrogen and oxygen atoms in total. The van der Waals surface area contributed by atoms with Gasteiger partial charge < -0.3 is 5.11 Å². The molecule has 92 valence electrons. The molecule has 16 heavy (non-hydrogen) atoms. The first-order valence-corrected chi connectivity index (χ1v) is 5.47. The lowest BCUT2D eigenvalue weighted by Gasteiger charge is -1.82. The average molecular weight is 222 g/mol. The van der Waals surface area contributed by atoms with Gasteiger partial charge in [0.2, 0.25) is 0 Å². The Balaban J connectivity index is -0.000000205. The molecule has 0 atom stereocenters. The number of hydrogen-bond acceptors (Lipinski definition) is 1. The molecule has 0 aromatic rings. The molecule has 0 radical (unpaired) electrons. The van der Waals surface area contributed by atoms with Crippen LogP contribution in [-0.2, 0) is 0 Å². The average Bonchev–Trinajstić information content (AvgIpc) is 2.22. The van der Waals surface area contributed by atoms with Crippen LogP contribution in [0, 0.1) is 0 Å². The van der Waals surface area contributed by atoms with Crippen molar-refractivity contribution in [2.24, 2.45) is 0 Å². The first kappa shape index (κ1) is 20.0. The van der Waals surface area contributed by atoms with Gasteiger partial charge in [-0.2, -0.15) is 0 Å². The minimum atomic E-state index is 0.313. The molecular weight excluding hydrogens is 196 g/mol. The van der Waals surface area contributed by atoms with Gasteiger partial charge in [0.25, 0.3) is 0 Å². The molecule has 1 N–H and O–H groups in total. The van der Waals surface area contributed by atoms with Crippen LogP contribution in [0.1, 0.15) is 34.6 Å². The zero-order chi connectivity index (χ0) is 13.4. The van der Waals surface area contributed by atoms with Crippen LogP contribution in [-0.4, -0.2) is 5.11 Å². The smallest absolute Gasteiger partial charge is 0.0891 e. The normalized spacial score (nSPS) is 10.2. The number of allylic oxidation sites excluding steroid dienone is 8. The summed E-state index contributed by atoms with van der Waals surface area (Å²) in [6.07, 6.45) is 10.8. The predicted octanol–water partition coefficient (Wildman–Crippen LogP) is 5.36. The van der Waals surface area contributed by atoms with E-state index in [2.05, 4.69) is 13.2 Å². The highest BCUT2D eigenvalue weighted by Gasteiger charge is 1.73. The van der Waals surface area contributed by atoms with E-state index in [-0.39, 0.29) is 0 Å². The van der Waals surface area contributed by atoms with E-state index in [1.54, 1.807) is 25.2 Å². The quantitative estimate of drug-likeness (QED) is 0.503. The van der Waals surface area contributed by atoms with Crippen LogP contribution >= 0.6 is 0 Å². The molecule has 1 heteroatoms. The van der Waals surface area contributed by atoms with Crippen LogP contribution in [0.2, 0.25) is 0 Å². The van der Waals surface area contributed by atoms with E-state index in [0.717, 1.165) is 5.57 Å². The first-order chi connectivity index (χ1) is 7.54. The second-order valence-electron chi connectivity index (χ2n) is 2.78. The molecule has 0 saturated heterocycles. The summed E-state index contributed by atoms with van der Waals surface area (Å²) >= 11 is 0. The fourth-order valence-corrected chi connectivity index (χ4v) is 0.488. The Bertz CT molecular complexity index is 238. The Morgan fingerprint density at radius 3 is 1.81 bits per heavy atom. The van der Waals surface area contributed by atoms with Crippen molar-refractivity contribution in [2.75, 3.05) is 0 Å². The van der Waals surface area contributed by atoms with E-state index in [1.165, 1.54) is 0 Å². The summed E-state index contributed by atoms with van der Waals surface area (Å²) in [5.74, 6) is 0.313. The summed E-state index contributed by atoms with van der Waals surface area (Å²) in [6, 6.07) is 0. The lowest BCUT2D eigenvalue weighted by Crippen LogP contribution is -1.65. The number of aliphatic hydroxyl groups excluding tert-OH is 1. The molecule has 0 aliphatic heterocycles. The maximum atomic E-state index is 8.65. The third kappa shape index (κ3) is 39.1. The fraction of sp³-hybridized carbons (Fsp3) is 0.333. The van der Waals surface area contributed by atoms with E-state index >= 15 is 0 Å². The number of rotatable bonds is 3. The van der Waals surface area contributed by atoms with Gasteiger partial charge in [0.1, 0.15) is 0 Å². The lowest BCUT2D eigenvalue weighted by molar-refractivity contribution is 0.414. The molecule has 0 saturated carbocycles. The highest BCUT2D eigenvalue weighted by molar-refractivity contribution is 5.17. The minimum Gasteiger partial charge on any atom is -0.513 e. The lowest BCUT2D eigenvalue weighted by atomic mass is 10.3. The first-order valence-electron chi connectivity index (χ1n) is 5.47. The van der Waals surface area contributed by atoms with Gasteiger partial charge in [-0.1, -0.05) is 63.0 Å². The molecule has 0 heterocycles. The fourth-order valence-electron chi connectivity index (χ4n) is 0.488. The Hall–Kier alpha value is -1.50. The summed E-state index contributed by atoms with van der Waals surface area (Å²) in [4.78, 5) is 0. The standard InChI is InChI=1S/C8H12O.C5H8.C2H6/c1-7(2)5-4-6-8(3)9;1-3-5-4-2;1-2/h4-6,9H,1H2,2-3H3;3-5H,1H2,2H3;1-2H3/b5-4-,8-6+;5-4-;. The molecule has 0 aliphatic carbocycles. The van der Waals surface area contributed by atoms with Crippen LogP contribution in [0.3, 0.4) is 0 Å². The van der Waals surface area contributed by atoms with Crippen molar-refractivity contribution < 1.29 is 5.11 Å². The Labute approximate surface area is 101 Å². The maximum absolute atomic E-state index is 8.65. The molecule has 0 unspecified atom stereocenters. The van der Waals surface area contributed by atoms with E-state index in [9.17, 15) is 0 Å². The van der Waals surface area contributed by atoms with Crippen molar-refractivity contribution in [1.82, 2.24) is 0 Å². The van der Waals surface area contributed by atoms with Gasteiger partial charge in [-0.05, 0) is 26.8 Å². The van der Waals surface area contributed by atoms with Gasteiger partial charge in [0.05, 0.1) is 5.76 Å². The van der Waals surface area contributed by atoms with E-state index in [1.807, 2.05) is 45.9 Å². The second kappa shape index (κ2) is 19.1. The second-order valence-corrected chi connectivity index (χ2v) is 2.78. The van der Waals surface area contributed by atoms with E-state index < -0.39 is 0 Å². The Morgan fingerprint density at radius 2 is 1.62 bits per heavy atom. The molecule has 0 fully saturated rings. The number of aliphatic hydroxyl groups is 1. The summed E-state index contributed by atoms with van der Waals surface area (Å²) in [5, 5.41) is 8.65. The molecule has 0 amide bonds. The zero-order valence-corrected chi connectivity index (χ0v) is 11.3. The van der Waals surface area contributed by atoms with Crippen molar-refractivity contribution in [3.8, 4) is 0 Å². The van der Waals surface area contributed by atoms with Gasteiger partial charge >= 0.3 is 0 Å². The highest BCUT2D eigenvalue weighted by atomic mass is 16.3. The minimum absolute atomic E-state index is 0.313. The maximum Gasteiger partial charge on any atom is 0.0891 e. The molecule has 0 aromatic carbocycles. The molecule has 0 bridgehead atoms. The van der Waals surface area contributed by atoms with Crippen molar-refractivity contribution in [2.45, 2.75) is 34.6 Å². The van der Waals surface area contributed by atoms with Crippen LogP contribution in [0.4, 0.5) is 0 Å². The van der Waals surface area contributed by atoms with Crippen molar-refractivity contribution >= 4 is 0 Å². The topological polar surface area (TPSA) is 20.2 Å². The van der Waals surface area contributed by atoms with Gasteiger partial charge in [0, 0.05) is 0 Å². The summed E-state index contributed by atoms with van der Waals surface area (Å²) in [7, 11) is 0. The van der Waals surface area contributed by atoms with Crippen LogP contribution < -0.4 is 0 Å². The zero-order valence-electron chi connectivity index (χ0n) is 11.3. The molecular formula is C15H26O. The van der Waals surface area contributed by atoms with Crippen LogP contribution in [0.25, 0.3) is 0 Å².